The molecule has 0 spiro atoms. The molecular formula is C17H19N5. The summed E-state index contributed by atoms with van der Waals surface area (Å²) in [6.07, 6.45) is 8.60. The summed E-state index contributed by atoms with van der Waals surface area (Å²) in [6, 6.07) is 10.9. The van der Waals surface area contributed by atoms with E-state index in [1.54, 1.807) is 6.33 Å². The van der Waals surface area contributed by atoms with Gasteiger partial charge in [0.05, 0.1) is 6.33 Å². The summed E-state index contributed by atoms with van der Waals surface area (Å²) in [5.74, 6) is 0.811. The molecule has 22 heavy (non-hydrogen) atoms. The van der Waals surface area contributed by atoms with Gasteiger partial charge in [-0.15, -0.1) is 0 Å². The molecule has 1 N–H and O–H groups in total. The summed E-state index contributed by atoms with van der Waals surface area (Å²) in [5, 5.41) is 3.38. The van der Waals surface area contributed by atoms with E-state index in [9.17, 15) is 0 Å². The van der Waals surface area contributed by atoms with Crippen molar-refractivity contribution in [2.45, 2.75) is 38.3 Å². The SMILES string of the molecule is c1ccc(CNc2ncnc3c2ncn3C2CCCC2)cc1. The van der Waals surface area contributed by atoms with Crippen LogP contribution in [0.1, 0.15) is 37.3 Å². The topological polar surface area (TPSA) is 55.6 Å². The number of nitrogens with one attached hydrogen (secondary N) is 1. The van der Waals surface area contributed by atoms with Gasteiger partial charge in [0.15, 0.2) is 11.5 Å². The fraction of sp³-hybridized carbons (Fsp3) is 0.353. The van der Waals surface area contributed by atoms with E-state index in [1.165, 1.54) is 31.2 Å². The molecule has 1 aliphatic carbocycles. The molecule has 0 bridgehead atoms. The van der Waals surface area contributed by atoms with Gasteiger partial charge in [0.2, 0.25) is 0 Å². The van der Waals surface area contributed by atoms with E-state index in [0.29, 0.717) is 6.04 Å². The smallest absolute Gasteiger partial charge is 0.165 e. The highest BCUT2D eigenvalue weighted by atomic mass is 15.2. The van der Waals surface area contributed by atoms with Crippen molar-refractivity contribution in [2.75, 3.05) is 5.32 Å². The normalized spacial score (nSPS) is 15.5. The first-order valence-corrected chi connectivity index (χ1v) is 7.87. The zero-order valence-electron chi connectivity index (χ0n) is 12.4. The fourth-order valence-corrected chi connectivity index (χ4v) is 3.21. The van der Waals surface area contributed by atoms with Crippen LogP contribution in [0.5, 0.6) is 0 Å². The Balaban J connectivity index is 1.61. The van der Waals surface area contributed by atoms with Gasteiger partial charge in [-0.25, -0.2) is 15.0 Å². The molecule has 0 saturated heterocycles. The lowest BCUT2D eigenvalue weighted by atomic mass is 10.2. The first kappa shape index (κ1) is 13.2. The number of nitrogens with zero attached hydrogens (tertiary/aromatic N) is 4. The Bertz CT molecular complexity index is 759. The van der Waals surface area contributed by atoms with Crippen molar-refractivity contribution >= 4 is 17.0 Å². The van der Waals surface area contributed by atoms with Crippen molar-refractivity contribution in [3.8, 4) is 0 Å². The minimum Gasteiger partial charge on any atom is -0.364 e. The largest absolute Gasteiger partial charge is 0.364 e. The molecule has 2 aromatic heterocycles. The van der Waals surface area contributed by atoms with Crippen LogP contribution in [0.3, 0.4) is 0 Å². The zero-order valence-corrected chi connectivity index (χ0v) is 12.4. The van der Waals surface area contributed by atoms with Crippen molar-refractivity contribution in [3.63, 3.8) is 0 Å². The van der Waals surface area contributed by atoms with Crippen LogP contribution in [-0.2, 0) is 6.54 Å². The van der Waals surface area contributed by atoms with Gasteiger partial charge < -0.3 is 9.88 Å². The highest BCUT2D eigenvalue weighted by Gasteiger charge is 2.20. The lowest BCUT2D eigenvalue weighted by Crippen LogP contribution is -2.05. The average Bonchev–Trinajstić information content (AvgIpc) is 3.22. The van der Waals surface area contributed by atoms with Crippen molar-refractivity contribution in [1.82, 2.24) is 19.5 Å². The number of benzene rings is 1. The first-order chi connectivity index (χ1) is 10.9. The monoisotopic (exact) mass is 293 g/mol. The van der Waals surface area contributed by atoms with Crippen molar-refractivity contribution < 1.29 is 0 Å². The quantitative estimate of drug-likeness (QED) is 0.799. The third-order valence-corrected chi connectivity index (χ3v) is 4.38. The molecule has 1 aromatic carbocycles. The molecule has 0 amide bonds. The molecule has 112 valence electrons. The number of rotatable bonds is 4. The van der Waals surface area contributed by atoms with Crippen LogP contribution in [0.2, 0.25) is 0 Å². The van der Waals surface area contributed by atoms with Gasteiger partial charge in [-0.1, -0.05) is 43.2 Å². The molecule has 0 radical (unpaired) electrons. The van der Waals surface area contributed by atoms with Gasteiger partial charge in [0.25, 0.3) is 0 Å². The van der Waals surface area contributed by atoms with Crippen LogP contribution in [0.25, 0.3) is 11.2 Å². The molecule has 5 nitrogen and oxygen atoms in total. The second kappa shape index (κ2) is 5.75. The summed E-state index contributed by atoms with van der Waals surface area (Å²) in [6.45, 7) is 0.739. The van der Waals surface area contributed by atoms with Gasteiger partial charge in [-0.2, -0.15) is 0 Å². The molecule has 0 unspecified atom stereocenters. The number of fused-ring (bicyclic) bond motifs is 1. The number of imidazole rings is 1. The van der Waals surface area contributed by atoms with E-state index in [0.717, 1.165) is 23.5 Å². The van der Waals surface area contributed by atoms with Crippen molar-refractivity contribution in [3.05, 3.63) is 48.5 Å². The Morgan fingerprint density at radius 2 is 1.86 bits per heavy atom. The molecular weight excluding hydrogens is 274 g/mol. The maximum atomic E-state index is 4.55. The number of hydrogen-bond acceptors (Lipinski definition) is 4. The Morgan fingerprint density at radius 3 is 2.68 bits per heavy atom. The predicted molar refractivity (Wildman–Crippen MR) is 86.6 cm³/mol. The average molecular weight is 293 g/mol. The second-order valence-corrected chi connectivity index (χ2v) is 5.82. The lowest BCUT2D eigenvalue weighted by molar-refractivity contribution is 0.529. The van der Waals surface area contributed by atoms with Crippen molar-refractivity contribution in [1.29, 1.82) is 0 Å². The summed E-state index contributed by atoms with van der Waals surface area (Å²) in [7, 11) is 0. The molecule has 4 rings (SSSR count). The van der Waals surface area contributed by atoms with E-state index in [4.69, 9.17) is 0 Å². The first-order valence-electron chi connectivity index (χ1n) is 7.87. The third-order valence-electron chi connectivity index (χ3n) is 4.38. The molecule has 0 atom stereocenters. The molecule has 3 aromatic rings. The molecule has 1 aliphatic rings. The fourth-order valence-electron chi connectivity index (χ4n) is 3.21. The van der Waals surface area contributed by atoms with Crippen LogP contribution in [0, 0.1) is 0 Å². The van der Waals surface area contributed by atoms with Gasteiger partial charge in [-0.3, -0.25) is 0 Å². The standard InChI is InChI=1S/C17H19N5/c1-2-6-13(7-3-1)10-18-16-15-17(20-11-19-16)22(12-21-15)14-8-4-5-9-14/h1-3,6-7,11-12,14H,4-5,8-10H2,(H,18,19,20). The minimum absolute atomic E-state index is 0.543. The van der Waals surface area contributed by atoms with Crippen LogP contribution in [0.4, 0.5) is 5.82 Å². The summed E-state index contributed by atoms with van der Waals surface area (Å²) in [5.41, 5.74) is 3.03. The van der Waals surface area contributed by atoms with Gasteiger partial charge in [0, 0.05) is 12.6 Å². The van der Waals surface area contributed by atoms with E-state index in [1.807, 2.05) is 24.5 Å². The number of anilines is 1. The Labute approximate surface area is 129 Å². The van der Waals surface area contributed by atoms with Gasteiger partial charge >= 0.3 is 0 Å². The van der Waals surface area contributed by atoms with E-state index in [2.05, 4.69) is 37.0 Å². The van der Waals surface area contributed by atoms with E-state index < -0.39 is 0 Å². The number of aromatic nitrogens is 4. The molecule has 5 heteroatoms. The maximum absolute atomic E-state index is 4.55. The molecule has 1 saturated carbocycles. The van der Waals surface area contributed by atoms with Crippen LogP contribution < -0.4 is 5.32 Å². The Morgan fingerprint density at radius 1 is 1.05 bits per heavy atom. The third kappa shape index (κ3) is 2.43. The van der Waals surface area contributed by atoms with E-state index >= 15 is 0 Å². The highest BCUT2D eigenvalue weighted by molar-refractivity contribution is 5.82. The second-order valence-electron chi connectivity index (χ2n) is 5.82. The maximum Gasteiger partial charge on any atom is 0.165 e. The molecule has 0 aliphatic heterocycles. The number of hydrogen-bond donors (Lipinski definition) is 1. The van der Waals surface area contributed by atoms with Gasteiger partial charge in [0.1, 0.15) is 11.8 Å². The molecule has 2 heterocycles. The van der Waals surface area contributed by atoms with E-state index in [-0.39, 0.29) is 0 Å². The van der Waals surface area contributed by atoms with Crippen molar-refractivity contribution in [2.24, 2.45) is 0 Å². The summed E-state index contributed by atoms with van der Waals surface area (Å²) < 4.78 is 2.22. The van der Waals surface area contributed by atoms with Crippen LogP contribution in [0.15, 0.2) is 43.0 Å². The Hall–Kier alpha value is -2.43. The Kier molecular flexibility index (Phi) is 3.46. The molecule has 1 fully saturated rings. The lowest BCUT2D eigenvalue weighted by Gasteiger charge is -2.11. The zero-order chi connectivity index (χ0) is 14.8. The van der Waals surface area contributed by atoms with Crippen LogP contribution in [-0.4, -0.2) is 19.5 Å². The van der Waals surface area contributed by atoms with Gasteiger partial charge in [-0.05, 0) is 18.4 Å². The summed E-state index contributed by atoms with van der Waals surface area (Å²) in [4.78, 5) is 13.4. The highest BCUT2D eigenvalue weighted by Crippen LogP contribution is 2.32. The predicted octanol–water partition coefficient (Wildman–Crippen LogP) is 3.55. The minimum atomic E-state index is 0.543. The van der Waals surface area contributed by atoms with Crippen LogP contribution >= 0.6 is 0 Å². The summed E-state index contributed by atoms with van der Waals surface area (Å²) >= 11 is 0.